The number of fused-ring (bicyclic) bond motifs is 1. The average molecular weight is 345 g/mol. The van der Waals surface area contributed by atoms with Crippen molar-refractivity contribution in [2.45, 2.75) is 25.3 Å². The first kappa shape index (κ1) is 16.5. The summed E-state index contributed by atoms with van der Waals surface area (Å²) in [6, 6.07) is 3.60. The number of amides is 1. The van der Waals surface area contributed by atoms with Crippen molar-refractivity contribution in [2.75, 3.05) is 39.8 Å². The lowest BCUT2D eigenvalue weighted by molar-refractivity contribution is -0.00142. The number of nitrogens with one attached hydrogen (secondary N) is 1. The number of imidazole rings is 1. The van der Waals surface area contributed by atoms with Gasteiger partial charge in [0.25, 0.3) is 5.91 Å². The summed E-state index contributed by atoms with van der Waals surface area (Å²) in [4.78, 5) is 21.4. The zero-order valence-corrected chi connectivity index (χ0v) is 14.8. The smallest absolute Gasteiger partial charge is 0.277 e. The molecule has 2 aromatic heterocycles. The van der Waals surface area contributed by atoms with Crippen molar-refractivity contribution < 1.29 is 9.18 Å². The topological polar surface area (TPSA) is 52.9 Å². The minimum atomic E-state index is -0.571. The van der Waals surface area contributed by atoms with Crippen molar-refractivity contribution in [3.05, 3.63) is 35.5 Å². The number of hydrogen-bond acceptors (Lipinski definition) is 4. The maximum absolute atomic E-state index is 14.7. The number of halogens is 1. The number of carbonyl (C=O) groups excluding carboxylic acids is 1. The Hall–Kier alpha value is -1.99. The molecule has 6 nitrogen and oxygen atoms in total. The first-order valence-corrected chi connectivity index (χ1v) is 8.86. The molecule has 0 bridgehead atoms. The molecule has 0 radical (unpaired) electrons. The molecule has 7 heteroatoms. The van der Waals surface area contributed by atoms with Crippen LogP contribution in [-0.4, -0.2) is 70.4 Å². The lowest BCUT2D eigenvalue weighted by Crippen LogP contribution is -2.65. The molecule has 1 N–H and O–H groups in total. The van der Waals surface area contributed by atoms with Gasteiger partial charge < -0.3 is 10.2 Å². The van der Waals surface area contributed by atoms with Gasteiger partial charge >= 0.3 is 0 Å². The molecule has 134 valence electrons. The molecular formula is C18H24FN5O. The van der Waals surface area contributed by atoms with E-state index < -0.39 is 5.95 Å². The number of aryl methyl sites for hydroxylation is 1. The quantitative estimate of drug-likeness (QED) is 0.846. The Morgan fingerprint density at radius 3 is 2.84 bits per heavy atom. The summed E-state index contributed by atoms with van der Waals surface area (Å²) in [6.07, 6.45) is 3.63. The van der Waals surface area contributed by atoms with Gasteiger partial charge in [0.2, 0.25) is 5.95 Å². The first-order chi connectivity index (χ1) is 12.0. The predicted octanol–water partition coefficient (Wildman–Crippen LogP) is 1.29. The van der Waals surface area contributed by atoms with Crippen LogP contribution in [0.2, 0.25) is 0 Å². The van der Waals surface area contributed by atoms with Crippen molar-refractivity contribution >= 4 is 11.6 Å². The van der Waals surface area contributed by atoms with Crippen molar-refractivity contribution in [3.8, 4) is 0 Å². The molecule has 4 rings (SSSR count). The summed E-state index contributed by atoms with van der Waals surface area (Å²) in [7, 11) is 2.13. The Balaban J connectivity index is 1.63. The summed E-state index contributed by atoms with van der Waals surface area (Å²) in [5.74, 6) is -0.872. The number of hydrogen-bond donors (Lipinski definition) is 1. The average Bonchev–Trinajstić information content (AvgIpc) is 2.93. The van der Waals surface area contributed by atoms with Crippen LogP contribution in [0, 0.1) is 12.9 Å². The van der Waals surface area contributed by atoms with E-state index in [0.717, 1.165) is 38.0 Å². The molecule has 0 aliphatic carbocycles. The van der Waals surface area contributed by atoms with Crippen LogP contribution in [0.25, 0.3) is 5.65 Å². The molecule has 2 aromatic rings. The van der Waals surface area contributed by atoms with Crippen LogP contribution in [0.1, 0.15) is 28.9 Å². The SMILES string of the molecule is Cc1ccn2c(F)c(C(=O)N3CCN(C)C4(CCNCC4)C3)nc2c1. The number of rotatable bonds is 1. The molecule has 0 unspecified atom stereocenters. The molecule has 1 spiro atoms. The van der Waals surface area contributed by atoms with Crippen LogP contribution in [0.3, 0.4) is 0 Å². The molecule has 0 aromatic carbocycles. The number of piperidine rings is 1. The Bertz CT molecular complexity index is 811. The van der Waals surface area contributed by atoms with Crippen molar-refractivity contribution in [1.82, 2.24) is 24.5 Å². The van der Waals surface area contributed by atoms with Gasteiger partial charge in [-0.3, -0.25) is 14.1 Å². The second kappa shape index (κ2) is 6.07. The van der Waals surface area contributed by atoms with Crippen LogP contribution in [0.4, 0.5) is 4.39 Å². The largest absolute Gasteiger partial charge is 0.334 e. The number of aromatic nitrogens is 2. The predicted molar refractivity (Wildman–Crippen MR) is 93.3 cm³/mol. The highest BCUT2D eigenvalue weighted by Crippen LogP contribution is 2.30. The molecule has 0 saturated carbocycles. The number of nitrogens with zero attached hydrogens (tertiary/aromatic N) is 4. The van der Waals surface area contributed by atoms with E-state index in [1.54, 1.807) is 17.2 Å². The standard InChI is InChI=1S/C18H24FN5O/c1-13-3-8-24-14(11-13)21-15(16(24)19)17(25)23-10-9-22(2)18(12-23)4-6-20-7-5-18/h3,8,11,20H,4-7,9-10,12H2,1-2H3. The highest BCUT2D eigenvalue weighted by Gasteiger charge is 2.42. The summed E-state index contributed by atoms with van der Waals surface area (Å²) in [6.45, 7) is 5.88. The molecule has 25 heavy (non-hydrogen) atoms. The minimum absolute atomic E-state index is 0.00855. The van der Waals surface area contributed by atoms with Gasteiger partial charge in [0.1, 0.15) is 5.65 Å². The minimum Gasteiger partial charge on any atom is -0.334 e. The van der Waals surface area contributed by atoms with E-state index in [1.165, 1.54) is 4.40 Å². The lowest BCUT2D eigenvalue weighted by atomic mass is 9.84. The van der Waals surface area contributed by atoms with Crippen LogP contribution < -0.4 is 5.32 Å². The fourth-order valence-corrected chi connectivity index (χ4v) is 4.07. The Morgan fingerprint density at radius 2 is 2.08 bits per heavy atom. The van der Waals surface area contributed by atoms with Gasteiger partial charge in [-0.15, -0.1) is 0 Å². The van der Waals surface area contributed by atoms with Crippen LogP contribution >= 0.6 is 0 Å². The zero-order chi connectivity index (χ0) is 17.6. The molecule has 2 saturated heterocycles. The van der Waals surface area contributed by atoms with E-state index in [2.05, 4.69) is 22.2 Å². The van der Waals surface area contributed by atoms with Crippen LogP contribution in [-0.2, 0) is 0 Å². The van der Waals surface area contributed by atoms with Gasteiger partial charge in [-0.25, -0.2) is 4.98 Å². The molecule has 0 atom stereocenters. The maximum atomic E-state index is 14.7. The normalized spacial score (nSPS) is 21.2. The second-order valence-electron chi connectivity index (χ2n) is 7.31. The van der Waals surface area contributed by atoms with Gasteiger partial charge in [0.15, 0.2) is 5.69 Å². The molecule has 1 amide bonds. The number of pyridine rings is 1. The van der Waals surface area contributed by atoms with E-state index in [-0.39, 0.29) is 17.1 Å². The van der Waals surface area contributed by atoms with Gasteiger partial charge in [-0.05, 0) is 57.6 Å². The van der Waals surface area contributed by atoms with E-state index >= 15 is 0 Å². The summed E-state index contributed by atoms with van der Waals surface area (Å²) in [5.41, 5.74) is 1.39. The summed E-state index contributed by atoms with van der Waals surface area (Å²) >= 11 is 0. The maximum Gasteiger partial charge on any atom is 0.277 e. The van der Waals surface area contributed by atoms with Crippen LogP contribution in [0.15, 0.2) is 18.3 Å². The Labute approximate surface area is 146 Å². The third-order valence-electron chi connectivity index (χ3n) is 5.75. The van der Waals surface area contributed by atoms with Crippen molar-refractivity contribution in [3.63, 3.8) is 0 Å². The molecule has 2 fully saturated rings. The Kier molecular flexibility index (Phi) is 4.00. The highest BCUT2D eigenvalue weighted by atomic mass is 19.1. The molecule has 4 heterocycles. The monoisotopic (exact) mass is 345 g/mol. The number of piperazine rings is 1. The number of likely N-dealkylation sites (N-methyl/N-ethyl adjacent to an activating group) is 1. The fraction of sp³-hybridized carbons (Fsp3) is 0.556. The second-order valence-corrected chi connectivity index (χ2v) is 7.31. The molecule has 2 aliphatic rings. The van der Waals surface area contributed by atoms with E-state index in [4.69, 9.17) is 0 Å². The van der Waals surface area contributed by atoms with E-state index in [9.17, 15) is 9.18 Å². The third kappa shape index (κ3) is 2.71. The summed E-state index contributed by atoms with van der Waals surface area (Å²) < 4.78 is 16.1. The van der Waals surface area contributed by atoms with Crippen molar-refractivity contribution in [1.29, 1.82) is 0 Å². The third-order valence-corrected chi connectivity index (χ3v) is 5.75. The molecular weight excluding hydrogens is 321 g/mol. The van der Waals surface area contributed by atoms with Crippen molar-refractivity contribution in [2.24, 2.45) is 0 Å². The van der Waals surface area contributed by atoms with Crippen LogP contribution in [0.5, 0.6) is 0 Å². The fourth-order valence-electron chi connectivity index (χ4n) is 4.07. The van der Waals surface area contributed by atoms with E-state index in [0.29, 0.717) is 18.7 Å². The summed E-state index contributed by atoms with van der Waals surface area (Å²) in [5, 5.41) is 3.38. The Morgan fingerprint density at radius 1 is 1.32 bits per heavy atom. The molecule has 2 aliphatic heterocycles. The lowest BCUT2D eigenvalue weighted by Gasteiger charge is -2.51. The zero-order valence-electron chi connectivity index (χ0n) is 14.8. The first-order valence-electron chi connectivity index (χ1n) is 8.86. The number of carbonyl (C=O) groups is 1. The highest BCUT2D eigenvalue weighted by molar-refractivity contribution is 5.93. The van der Waals surface area contributed by atoms with Gasteiger partial charge in [-0.1, -0.05) is 0 Å². The van der Waals surface area contributed by atoms with Gasteiger partial charge in [0, 0.05) is 31.4 Å². The van der Waals surface area contributed by atoms with Gasteiger partial charge in [-0.2, -0.15) is 4.39 Å². The van der Waals surface area contributed by atoms with E-state index in [1.807, 2.05) is 13.0 Å². The van der Waals surface area contributed by atoms with Gasteiger partial charge in [0.05, 0.1) is 0 Å².